The highest BCUT2D eigenvalue weighted by atomic mass is 35.5. The molecule has 0 radical (unpaired) electrons. The van der Waals surface area contributed by atoms with Crippen molar-refractivity contribution in [3.8, 4) is 28.3 Å². The summed E-state index contributed by atoms with van der Waals surface area (Å²) < 4.78 is 12.7. The number of hydrogen-bond acceptors (Lipinski definition) is 4. The third kappa shape index (κ3) is 4.36. The van der Waals surface area contributed by atoms with Crippen molar-refractivity contribution in [2.24, 2.45) is 0 Å². The smallest absolute Gasteiger partial charge is 0.238 e. The molecule has 0 aliphatic rings. The van der Waals surface area contributed by atoms with E-state index in [1.165, 1.54) is 6.92 Å². The largest absolute Gasteiger partial charge is 0.488 e. The molecule has 3 aromatic carbocycles. The van der Waals surface area contributed by atoms with Gasteiger partial charge in [-0.2, -0.15) is 0 Å². The molecular weight excluding hydrogens is 400 g/mol. The van der Waals surface area contributed by atoms with E-state index in [9.17, 15) is 4.79 Å². The molecule has 0 aliphatic heterocycles. The third-order valence-electron chi connectivity index (χ3n) is 4.54. The molecule has 1 heterocycles. The fourth-order valence-corrected chi connectivity index (χ4v) is 3.15. The molecule has 1 amide bonds. The molecule has 0 bridgehead atoms. The minimum atomic E-state index is -0.267. The van der Waals surface area contributed by atoms with Crippen molar-refractivity contribution in [2.75, 3.05) is 4.42 Å². The Kier molecular flexibility index (Phi) is 5.82. The first-order valence-electron chi connectivity index (χ1n) is 9.41. The Bertz CT molecular complexity index is 1160. The van der Waals surface area contributed by atoms with Gasteiger partial charge >= 0.3 is 0 Å². The van der Waals surface area contributed by atoms with Gasteiger partial charge in [0.2, 0.25) is 5.91 Å². The zero-order chi connectivity index (χ0) is 20.9. The summed E-state index contributed by atoms with van der Waals surface area (Å²) in [6.07, 6.45) is 0. The number of anilines is 1. The van der Waals surface area contributed by atoms with Crippen molar-refractivity contribution >= 4 is 23.4 Å². The molecule has 0 N–H and O–H groups in total. The highest BCUT2D eigenvalue weighted by Gasteiger charge is 2.15. The number of nitrogens with zero attached hydrogens (tertiary/aromatic N) is 2. The summed E-state index contributed by atoms with van der Waals surface area (Å²) in [6, 6.07) is 26.7. The maximum Gasteiger partial charge on any atom is 0.238 e. The summed E-state index contributed by atoms with van der Waals surface area (Å²) >= 11 is 6.03. The van der Waals surface area contributed by atoms with Crippen LogP contribution in [-0.4, -0.2) is 11.1 Å². The summed E-state index contributed by atoms with van der Waals surface area (Å²) in [5, 5.41) is 4.22. The average Bonchev–Trinajstić information content (AvgIpc) is 3.28. The van der Waals surface area contributed by atoms with E-state index in [1.54, 1.807) is 12.1 Å². The molecule has 0 saturated carbocycles. The maximum absolute atomic E-state index is 11.5. The zero-order valence-corrected chi connectivity index (χ0v) is 17.0. The van der Waals surface area contributed by atoms with Crippen molar-refractivity contribution in [1.82, 2.24) is 5.16 Å². The van der Waals surface area contributed by atoms with Gasteiger partial charge in [0, 0.05) is 35.9 Å². The fourth-order valence-electron chi connectivity index (χ4n) is 3.04. The maximum atomic E-state index is 11.5. The number of rotatable bonds is 6. The van der Waals surface area contributed by atoms with Crippen LogP contribution in [0.5, 0.6) is 5.75 Å². The minimum Gasteiger partial charge on any atom is -0.488 e. The van der Waals surface area contributed by atoms with Gasteiger partial charge < -0.3 is 9.26 Å². The summed E-state index contributed by atoms with van der Waals surface area (Å²) in [5.74, 6) is 1.02. The van der Waals surface area contributed by atoms with Crippen LogP contribution in [0.4, 0.5) is 5.69 Å². The normalized spacial score (nSPS) is 10.6. The molecule has 1 aromatic heterocycles. The highest BCUT2D eigenvalue weighted by Crippen LogP contribution is 2.33. The summed E-state index contributed by atoms with van der Waals surface area (Å²) in [5.41, 5.74) is 3.91. The van der Waals surface area contributed by atoms with Crippen LogP contribution in [0.3, 0.4) is 0 Å². The highest BCUT2D eigenvalue weighted by molar-refractivity contribution is 6.36. The monoisotopic (exact) mass is 418 g/mol. The van der Waals surface area contributed by atoms with Crippen LogP contribution in [0.25, 0.3) is 22.6 Å². The molecule has 0 fully saturated rings. The van der Waals surface area contributed by atoms with E-state index in [-0.39, 0.29) is 5.91 Å². The Labute approximate surface area is 179 Å². The van der Waals surface area contributed by atoms with Crippen LogP contribution in [-0.2, 0) is 11.4 Å². The summed E-state index contributed by atoms with van der Waals surface area (Å²) in [4.78, 5) is 11.5. The van der Waals surface area contributed by atoms with Gasteiger partial charge in [-0.25, -0.2) is 4.42 Å². The average molecular weight is 419 g/mol. The molecule has 6 heteroatoms. The Balaban J connectivity index is 1.59. The van der Waals surface area contributed by atoms with Gasteiger partial charge in [-0.3, -0.25) is 4.79 Å². The van der Waals surface area contributed by atoms with E-state index in [0.29, 0.717) is 23.7 Å². The Hall–Kier alpha value is -3.57. The van der Waals surface area contributed by atoms with Crippen LogP contribution in [0, 0.1) is 0 Å². The van der Waals surface area contributed by atoms with Gasteiger partial charge in [0.25, 0.3) is 0 Å². The first-order valence-corrected chi connectivity index (χ1v) is 9.75. The fraction of sp³-hybridized carbons (Fsp3) is 0.0833. The number of carbonyl (C=O) groups is 1. The van der Waals surface area contributed by atoms with Gasteiger partial charge in [-0.05, 0) is 29.8 Å². The van der Waals surface area contributed by atoms with E-state index in [0.717, 1.165) is 26.9 Å². The van der Waals surface area contributed by atoms with E-state index in [1.807, 2.05) is 72.8 Å². The molecule has 0 saturated heterocycles. The van der Waals surface area contributed by atoms with Crippen LogP contribution >= 0.6 is 11.8 Å². The molecule has 0 aliphatic carbocycles. The Morgan fingerprint density at radius 3 is 2.57 bits per heavy atom. The summed E-state index contributed by atoms with van der Waals surface area (Å²) in [7, 11) is 0. The van der Waals surface area contributed by atoms with Gasteiger partial charge in [-0.15, -0.1) is 0 Å². The first-order chi connectivity index (χ1) is 14.6. The molecule has 0 atom stereocenters. The van der Waals surface area contributed by atoms with E-state index < -0.39 is 0 Å². The van der Waals surface area contributed by atoms with Crippen LogP contribution in [0.2, 0.25) is 0 Å². The van der Waals surface area contributed by atoms with Crippen molar-refractivity contribution in [3.05, 3.63) is 90.5 Å². The molecule has 4 rings (SSSR count). The minimum absolute atomic E-state index is 0.267. The molecule has 5 nitrogen and oxygen atoms in total. The molecule has 0 unspecified atom stereocenters. The molecule has 0 spiro atoms. The lowest BCUT2D eigenvalue weighted by atomic mass is 10.1. The van der Waals surface area contributed by atoms with E-state index in [2.05, 4.69) is 5.16 Å². The number of ether oxygens (including phenoxy) is 1. The van der Waals surface area contributed by atoms with Crippen molar-refractivity contribution in [1.29, 1.82) is 0 Å². The van der Waals surface area contributed by atoms with Crippen LogP contribution in [0.15, 0.2) is 89.5 Å². The predicted molar refractivity (Wildman–Crippen MR) is 117 cm³/mol. The SMILES string of the molecule is CC(=O)N(Cl)c1cccc(-c2cc(-c3ccccc3OCc3ccccc3)no2)c1. The van der Waals surface area contributed by atoms with E-state index >= 15 is 0 Å². The van der Waals surface area contributed by atoms with Gasteiger partial charge in [0.15, 0.2) is 5.76 Å². The summed E-state index contributed by atoms with van der Waals surface area (Å²) in [6.45, 7) is 1.86. The lowest BCUT2D eigenvalue weighted by molar-refractivity contribution is -0.115. The number of hydrogen-bond donors (Lipinski definition) is 0. The molecule has 4 aromatic rings. The van der Waals surface area contributed by atoms with Crippen LogP contribution in [0.1, 0.15) is 12.5 Å². The van der Waals surface area contributed by atoms with Crippen molar-refractivity contribution in [2.45, 2.75) is 13.5 Å². The number of amides is 1. The predicted octanol–water partition coefficient (Wildman–Crippen LogP) is 6.09. The number of benzene rings is 3. The lowest BCUT2D eigenvalue weighted by Crippen LogP contribution is -2.16. The Morgan fingerprint density at radius 2 is 1.77 bits per heavy atom. The number of carbonyl (C=O) groups excluding carboxylic acids is 1. The molecular formula is C24H19ClN2O3. The number of halogens is 1. The topological polar surface area (TPSA) is 55.6 Å². The van der Waals surface area contributed by atoms with Gasteiger partial charge in [0.05, 0.1) is 5.69 Å². The number of para-hydroxylation sites is 1. The van der Waals surface area contributed by atoms with Gasteiger partial charge in [0.1, 0.15) is 18.1 Å². The van der Waals surface area contributed by atoms with E-state index in [4.69, 9.17) is 21.0 Å². The molecule has 30 heavy (non-hydrogen) atoms. The third-order valence-corrected chi connectivity index (χ3v) is 4.98. The zero-order valence-electron chi connectivity index (χ0n) is 16.3. The lowest BCUT2D eigenvalue weighted by Gasteiger charge is -2.11. The number of aromatic nitrogens is 1. The second-order valence-electron chi connectivity index (χ2n) is 6.70. The van der Waals surface area contributed by atoms with Crippen LogP contribution < -0.4 is 9.16 Å². The Morgan fingerprint density at radius 1 is 1.00 bits per heavy atom. The standard InChI is InChI=1S/C24H19ClN2O3/c1-17(28)27(25)20-11-7-10-19(14-20)24-15-22(26-30-24)21-12-5-6-13-23(21)29-16-18-8-3-2-4-9-18/h2-15H,16H2,1H3. The second-order valence-corrected chi connectivity index (χ2v) is 7.04. The quantitative estimate of drug-likeness (QED) is 0.355. The van der Waals surface area contributed by atoms with Crippen molar-refractivity contribution < 1.29 is 14.1 Å². The van der Waals surface area contributed by atoms with Gasteiger partial charge in [-0.1, -0.05) is 59.8 Å². The molecule has 150 valence electrons. The second kappa shape index (κ2) is 8.84. The van der Waals surface area contributed by atoms with Crippen molar-refractivity contribution in [3.63, 3.8) is 0 Å². The first kappa shape index (κ1) is 19.7.